The summed E-state index contributed by atoms with van der Waals surface area (Å²) in [7, 11) is 1.40. The molecule has 1 aromatic carbocycles. The first-order valence-corrected chi connectivity index (χ1v) is 7.10. The van der Waals surface area contributed by atoms with Crippen LogP contribution in [-0.2, 0) is 9.53 Å². The zero-order valence-electron chi connectivity index (χ0n) is 12.3. The van der Waals surface area contributed by atoms with Gasteiger partial charge in [-0.3, -0.25) is 0 Å². The molecule has 0 aliphatic heterocycles. The van der Waals surface area contributed by atoms with E-state index in [0.29, 0.717) is 18.0 Å². The predicted molar refractivity (Wildman–Crippen MR) is 76.9 cm³/mol. The first-order valence-electron chi connectivity index (χ1n) is 7.10. The average Bonchev–Trinajstić information content (AvgIpc) is 2.41. The number of nitrogens with one attached hydrogen (secondary N) is 1. The number of hydrogen-bond donors (Lipinski definition) is 1. The molecule has 1 N–H and O–H groups in total. The van der Waals surface area contributed by atoms with Crippen LogP contribution in [0.3, 0.4) is 0 Å². The number of methoxy groups -OCH3 is 1. The Bertz CT molecular complexity index is 491. The van der Waals surface area contributed by atoms with Gasteiger partial charge in [0, 0.05) is 5.69 Å². The number of carbonyl (C=O) groups is 1. The molecule has 0 bridgehead atoms. The lowest BCUT2D eigenvalue weighted by atomic mass is 9.69. The van der Waals surface area contributed by atoms with E-state index in [9.17, 15) is 9.18 Å². The Hall–Kier alpha value is -1.58. The van der Waals surface area contributed by atoms with E-state index >= 15 is 0 Å². The van der Waals surface area contributed by atoms with Gasteiger partial charge in [0.15, 0.2) is 0 Å². The molecule has 3 unspecified atom stereocenters. The number of hydrogen-bond acceptors (Lipinski definition) is 3. The highest BCUT2D eigenvalue weighted by molar-refractivity contribution is 5.85. The lowest BCUT2D eigenvalue weighted by molar-refractivity contribution is -0.149. The van der Waals surface area contributed by atoms with E-state index in [0.717, 1.165) is 12.8 Å². The van der Waals surface area contributed by atoms with Crippen molar-refractivity contribution in [2.75, 3.05) is 12.4 Å². The van der Waals surface area contributed by atoms with Gasteiger partial charge in [0.05, 0.1) is 7.11 Å². The second-order valence-corrected chi connectivity index (χ2v) is 5.88. The Morgan fingerprint density at radius 1 is 1.45 bits per heavy atom. The maximum absolute atomic E-state index is 13.3. The zero-order chi connectivity index (χ0) is 14.8. The second-order valence-electron chi connectivity index (χ2n) is 5.88. The predicted octanol–water partition coefficient (Wildman–Crippen LogP) is 3.61. The van der Waals surface area contributed by atoms with Crippen LogP contribution in [0, 0.1) is 17.7 Å². The number of ether oxygens (including phenoxy) is 1. The summed E-state index contributed by atoms with van der Waals surface area (Å²) < 4.78 is 18.3. The van der Waals surface area contributed by atoms with Crippen molar-refractivity contribution in [1.82, 2.24) is 0 Å². The van der Waals surface area contributed by atoms with E-state index in [1.807, 2.05) is 0 Å². The van der Waals surface area contributed by atoms with Crippen LogP contribution < -0.4 is 5.32 Å². The number of benzene rings is 1. The third kappa shape index (κ3) is 2.79. The molecule has 0 radical (unpaired) electrons. The summed E-state index contributed by atoms with van der Waals surface area (Å²) in [6, 6.07) is 6.22. The molecule has 1 aromatic rings. The van der Waals surface area contributed by atoms with Crippen LogP contribution in [-0.4, -0.2) is 18.6 Å². The van der Waals surface area contributed by atoms with Gasteiger partial charge in [-0.25, -0.2) is 9.18 Å². The average molecular weight is 279 g/mol. The molecular weight excluding hydrogens is 257 g/mol. The largest absolute Gasteiger partial charge is 0.467 e. The van der Waals surface area contributed by atoms with Crippen LogP contribution in [0.2, 0.25) is 0 Å². The van der Waals surface area contributed by atoms with Crippen molar-refractivity contribution in [3.63, 3.8) is 0 Å². The molecule has 0 spiro atoms. The lowest BCUT2D eigenvalue weighted by Crippen LogP contribution is -2.55. The number of halogens is 1. The van der Waals surface area contributed by atoms with Crippen LogP contribution >= 0.6 is 0 Å². The Morgan fingerprint density at radius 2 is 2.20 bits per heavy atom. The van der Waals surface area contributed by atoms with Crippen molar-refractivity contribution in [2.45, 2.75) is 38.6 Å². The van der Waals surface area contributed by atoms with Crippen molar-refractivity contribution in [2.24, 2.45) is 11.8 Å². The molecule has 1 saturated carbocycles. The zero-order valence-corrected chi connectivity index (χ0v) is 12.3. The number of carbonyl (C=O) groups excluding carboxylic acids is 1. The fourth-order valence-electron chi connectivity index (χ4n) is 3.19. The quantitative estimate of drug-likeness (QED) is 0.859. The van der Waals surface area contributed by atoms with Gasteiger partial charge in [-0.2, -0.15) is 0 Å². The Balaban J connectivity index is 2.30. The molecule has 4 heteroatoms. The molecule has 1 aliphatic rings. The summed E-state index contributed by atoms with van der Waals surface area (Å²) in [5.41, 5.74) is -0.133. The van der Waals surface area contributed by atoms with Gasteiger partial charge in [0.1, 0.15) is 11.4 Å². The highest BCUT2D eigenvalue weighted by Gasteiger charge is 2.47. The normalized spacial score (nSPS) is 29.8. The van der Waals surface area contributed by atoms with Crippen molar-refractivity contribution < 1.29 is 13.9 Å². The Kier molecular flexibility index (Phi) is 4.31. The molecule has 0 amide bonds. The molecule has 0 saturated heterocycles. The minimum Gasteiger partial charge on any atom is -0.467 e. The summed E-state index contributed by atoms with van der Waals surface area (Å²) in [4.78, 5) is 12.3. The topological polar surface area (TPSA) is 38.3 Å². The SMILES string of the molecule is COC(=O)C1(Nc2cccc(F)c2)CCC(C)CC1C. The number of anilines is 1. The molecule has 1 aliphatic carbocycles. The van der Waals surface area contributed by atoms with Gasteiger partial charge in [-0.05, 0) is 49.3 Å². The minimum atomic E-state index is -0.755. The van der Waals surface area contributed by atoms with E-state index in [1.165, 1.54) is 19.2 Å². The molecule has 20 heavy (non-hydrogen) atoms. The number of rotatable bonds is 3. The van der Waals surface area contributed by atoms with E-state index in [4.69, 9.17) is 4.74 Å². The van der Waals surface area contributed by atoms with Gasteiger partial charge in [0.25, 0.3) is 0 Å². The van der Waals surface area contributed by atoms with Crippen molar-refractivity contribution >= 4 is 11.7 Å². The molecule has 2 rings (SSSR count). The monoisotopic (exact) mass is 279 g/mol. The molecule has 1 fully saturated rings. The summed E-state index contributed by atoms with van der Waals surface area (Å²) in [5, 5.41) is 3.24. The van der Waals surface area contributed by atoms with E-state index in [1.54, 1.807) is 12.1 Å². The lowest BCUT2D eigenvalue weighted by Gasteiger charge is -2.43. The third-order valence-corrected chi connectivity index (χ3v) is 4.37. The Labute approximate surface area is 119 Å². The summed E-state index contributed by atoms with van der Waals surface area (Å²) >= 11 is 0. The third-order valence-electron chi connectivity index (χ3n) is 4.37. The minimum absolute atomic E-state index is 0.141. The summed E-state index contributed by atoms with van der Waals surface area (Å²) in [6.07, 6.45) is 2.62. The van der Waals surface area contributed by atoms with E-state index < -0.39 is 5.54 Å². The van der Waals surface area contributed by atoms with Gasteiger partial charge < -0.3 is 10.1 Å². The molecule has 0 heterocycles. The van der Waals surface area contributed by atoms with Crippen molar-refractivity contribution in [3.8, 4) is 0 Å². The molecule has 110 valence electrons. The van der Waals surface area contributed by atoms with Gasteiger partial charge in [-0.1, -0.05) is 19.9 Å². The van der Waals surface area contributed by atoms with Gasteiger partial charge >= 0.3 is 5.97 Å². The standard InChI is InChI=1S/C16H22FNO2/c1-11-7-8-16(12(2)9-11,15(19)20-3)18-14-6-4-5-13(17)10-14/h4-6,10-12,18H,7-9H2,1-3H3. The van der Waals surface area contributed by atoms with E-state index in [2.05, 4.69) is 19.2 Å². The number of esters is 1. The van der Waals surface area contributed by atoms with Gasteiger partial charge in [0.2, 0.25) is 0 Å². The maximum atomic E-state index is 13.3. The highest BCUT2D eigenvalue weighted by atomic mass is 19.1. The highest BCUT2D eigenvalue weighted by Crippen LogP contribution is 2.40. The maximum Gasteiger partial charge on any atom is 0.331 e. The second kappa shape index (κ2) is 5.81. The van der Waals surface area contributed by atoms with Crippen molar-refractivity contribution in [3.05, 3.63) is 30.1 Å². The van der Waals surface area contributed by atoms with Crippen molar-refractivity contribution in [1.29, 1.82) is 0 Å². The smallest absolute Gasteiger partial charge is 0.331 e. The van der Waals surface area contributed by atoms with Crippen LogP contribution in [0.15, 0.2) is 24.3 Å². The fraction of sp³-hybridized carbons (Fsp3) is 0.562. The fourth-order valence-corrected chi connectivity index (χ4v) is 3.19. The summed E-state index contributed by atoms with van der Waals surface area (Å²) in [5.74, 6) is 0.159. The first kappa shape index (κ1) is 14.8. The molecule has 0 aromatic heterocycles. The molecule has 3 nitrogen and oxygen atoms in total. The Morgan fingerprint density at radius 3 is 2.80 bits per heavy atom. The van der Waals surface area contributed by atoms with Gasteiger partial charge in [-0.15, -0.1) is 0 Å². The first-order chi connectivity index (χ1) is 9.48. The van der Waals surface area contributed by atoms with Crippen LogP contribution in [0.4, 0.5) is 10.1 Å². The van der Waals surface area contributed by atoms with Crippen LogP contribution in [0.1, 0.15) is 33.1 Å². The molecular formula is C16H22FNO2. The summed E-state index contributed by atoms with van der Waals surface area (Å²) in [6.45, 7) is 4.25. The van der Waals surface area contributed by atoms with Crippen LogP contribution in [0.5, 0.6) is 0 Å². The van der Waals surface area contributed by atoms with Crippen LogP contribution in [0.25, 0.3) is 0 Å². The van der Waals surface area contributed by atoms with E-state index in [-0.39, 0.29) is 17.7 Å². The molecule has 3 atom stereocenters.